The molecule has 2 heterocycles. The Balaban J connectivity index is 1.53. The minimum Gasteiger partial charge on any atom is -0.465 e. The van der Waals surface area contributed by atoms with E-state index in [2.05, 4.69) is 9.73 Å². The number of esters is 2. The number of rotatable bonds is 4. The molecule has 2 aliphatic rings. The van der Waals surface area contributed by atoms with Gasteiger partial charge in [0.1, 0.15) is 0 Å². The van der Waals surface area contributed by atoms with Crippen LogP contribution in [0.5, 0.6) is 0 Å². The summed E-state index contributed by atoms with van der Waals surface area (Å²) in [7, 11) is 1.32. The summed E-state index contributed by atoms with van der Waals surface area (Å²) in [6.07, 6.45) is 3.02. The second-order valence-electron chi connectivity index (χ2n) is 6.65. The fourth-order valence-electron chi connectivity index (χ4n) is 3.23. The molecular formula is C22H18N2O5. The van der Waals surface area contributed by atoms with E-state index in [1.54, 1.807) is 47.4 Å². The topological polar surface area (TPSA) is 85.3 Å². The van der Waals surface area contributed by atoms with Crippen LogP contribution in [0.4, 0.5) is 5.69 Å². The van der Waals surface area contributed by atoms with Crippen LogP contribution in [0.1, 0.15) is 34.3 Å². The Morgan fingerprint density at radius 3 is 2.45 bits per heavy atom. The van der Waals surface area contributed by atoms with E-state index in [1.807, 2.05) is 12.1 Å². The van der Waals surface area contributed by atoms with Gasteiger partial charge in [0.25, 0.3) is 0 Å². The molecule has 0 atom stereocenters. The second-order valence-corrected chi connectivity index (χ2v) is 6.65. The number of anilines is 1. The Kier molecular flexibility index (Phi) is 4.95. The monoisotopic (exact) mass is 390 g/mol. The third kappa shape index (κ3) is 3.80. The molecule has 1 fully saturated rings. The van der Waals surface area contributed by atoms with Crippen LogP contribution in [0.15, 0.2) is 59.2 Å². The number of methoxy groups -OCH3 is 1. The lowest BCUT2D eigenvalue weighted by molar-refractivity contribution is -0.130. The molecule has 2 aromatic carbocycles. The Morgan fingerprint density at radius 1 is 1.10 bits per heavy atom. The fourth-order valence-corrected chi connectivity index (χ4v) is 3.23. The first-order chi connectivity index (χ1) is 14.0. The first-order valence-electron chi connectivity index (χ1n) is 9.17. The first kappa shape index (κ1) is 18.6. The molecule has 2 aromatic rings. The SMILES string of the molecule is COC(=O)c1ccc(/C=C2/N=C(c3ccc(N4CCCC4=O)cc3)OC2=O)cc1. The second kappa shape index (κ2) is 7.71. The average molecular weight is 390 g/mol. The number of carbonyl (C=O) groups is 3. The van der Waals surface area contributed by atoms with Crippen molar-refractivity contribution in [3.63, 3.8) is 0 Å². The summed E-state index contributed by atoms with van der Waals surface area (Å²) in [5.41, 5.74) is 2.77. The minimum absolute atomic E-state index is 0.117. The summed E-state index contributed by atoms with van der Waals surface area (Å²) in [5, 5.41) is 0. The summed E-state index contributed by atoms with van der Waals surface area (Å²) < 4.78 is 9.95. The predicted octanol–water partition coefficient (Wildman–Crippen LogP) is 2.94. The van der Waals surface area contributed by atoms with Crippen molar-refractivity contribution in [2.75, 3.05) is 18.6 Å². The minimum atomic E-state index is -0.546. The van der Waals surface area contributed by atoms with Crippen molar-refractivity contribution in [2.45, 2.75) is 12.8 Å². The highest BCUT2D eigenvalue weighted by Gasteiger charge is 2.25. The quantitative estimate of drug-likeness (QED) is 0.592. The van der Waals surface area contributed by atoms with Crippen molar-refractivity contribution in [2.24, 2.45) is 4.99 Å². The van der Waals surface area contributed by atoms with Crippen LogP contribution in [0.3, 0.4) is 0 Å². The molecule has 0 radical (unpaired) electrons. The summed E-state index contributed by atoms with van der Waals surface area (Å²) in [5.74, 6) is -0.641. The molecule has 0 saturated carbocycles. The average Bonchev–Trinajstić information content (AvgIpc) is 3.34. The molecule has 0 unspecified atom stereocenters. The van der Waals surface area contributed by atoms with Gasteiger partial charge in [-0.05, 0) is 54.5 Å². The van der Waals surface area contributed by atoms with Crippen LogP contribution in [-0.4, -0.2) is 37.4 Å². The highest BCUT2D eigenvalue weighted by atomic mass is 16.6. The van der Waals surface area contributed by atoms with Crippen LogP contribution < -0.4 is 4.90 Å². The zero-order chi connectivity index (χ0) is 20.4. The third-order valence-corrected chi connectivity index (χ3v) is 4.76. The third-order valence-electron chi connectivity index (χ3n) is 4.76. The standard InChI is InChI=1S/C22H18N2O5/c1-28-21(26)16-6-4-14(5-7-16)13-18-22(27)29-20(23-18)15-8-10-17(11-9-15)24-12-2-3-19(24)25/h4-11,13H,2-3,12H2,1H3/b18-13+. The smallest absolute Gasteiger partial charge is 0.363 e. The van der Waals surface area contributed by atoms with Crippen molar-refractivity contribution < 1.29 is 23.9 Å². The molecule has 29 heavy (non-hydrogen) atoms. The lowest BCUT2D eigenvalue weighted by Gasteiger charge is -2.15. The van der Waals surface area contributed by atoms with E-state index in [-0.39, 0.29) is 17.5 Å². The van der Waals surface area contributed by atoms with Gasteiger partial charge in [-0.2, -0.15) is 0 Å². The van der Waals surface area contributed by atoms with E-state index in [0.29, 0.717) is 23.1 Å². The van der Waals surface area contributed by atoms with Gasteiger partial charge in [-0.25, -0.2) is 14.6 Å². The summed E-state index contributed by atoms with van der Waals surface area (Å²) in [6.45, 7) is 0.718. The maximum absolute atomic E-state index is 12.2. The number of carbonyl (C=O) groups excluding carboxylic acids is 3. The van der Waals surface area contributed by atoms with Crippen LogP contribution in [0.25, 0.3) is 6.08 Å². The number of amides is 1. The molecule has 1 amide bonds. The van der Waals surface area contributed by atoms with Crippen molar-refractivity contribution in [1.29, 1.82) is 0 Å². The highest BCUT2D eigenvalue weighted by molar-refractivity contribution is 6.13. The maximum atomic E-state index is 12.2. The van der Waals surface area contributed by atoms with Gasteiger partial charge >= 0.3 is 11.9 Å². The maximum Gasteiger partial charge on any atom is 0.363 e. The molecule has 2 aliphatic heterocycles. The molecule has 146 valence electrons. The van der Waals surface area contributed by atoms with Crippen molar-refractivity contribution >= 4 is 35.5 Å². The summed E-state index contributed by atoms with van der Waals surface area (Å²) in [4.78, 5) is 41.5. The molecule has 0 aromatic heterocycles. The number of hydrogen-bond acceptors (Lipinski definition) is 6. The normalized spacial score (nSPS) is 17.5. The number of ether oxygens (including phenoxy) is 2. The van der Waals surface area contributed by atoms with Crippen molar-refractivity contribution in [3.05, 3.63) is 70.9 Å². The number of nitrogens with zero attached hydrogens (tertiary/aromatic N) is 2. The Labute approximate surface area is 167 Å². The number of aliphatic imine (C=N–C) groups is 1. The Hall–Kier alpha value is -3.74. The molecule has 7 nitrogen and oxygen atoms in total. The van der Waals surface area contributed by atoms with E-state index in [1.165, 1.54) is 7.11 Å². The molecule has 1 saturated heterocycles. The van der Waals surface area contributed by atoms with Gasteiger partial charge in [0.2, 0.25) is 11.8 Å². The Morgan fingerprint density at radius 2 is 1.83 bits per heavy atom. The van der Waals surface area contributed by atoms with Gasteiger partial charge in [-0.15, -0.1) is 0 Å². The highest BCUT2D eigenvalue weighted by Crippen LogP contribution is 2.24. The number of hydrogen-bond donors (Lipinski definition) is 0. The van der Waals surface area contributed by atoms with E-state index < -0.39 is 11.9 Å². The van der Waals surface area contributed by atoms with Crippen LogP contribution in [0.2, 0.25) is 0 Å². The summed E-state index contributed by atoms with van der Waals surface area (Å²) in [6, 6.07) is 13.8. The zero-order valence-corrected chi connectivity index (χ0v) is 15.8. The van der Waals surface area contributed by atoms with E-state index in [4.69, 9.17) is 4.74 Å². The van der Waals surface area contributed by atoms with Crippen molar-refractivity contribution in [3.8, 4) is 0 Å². The van der Waals surface area contributed by atoms with E-state index in [0.717, 1.165) is 18.7 Å². The van der Waals surface area contributed by atoms with Crippen molar-refractivity contribution in [1.82, 2.24) is 0 Å². The number of benzene rings is 2. The fraction of sp³-hybridized carbons (Fsp3) is 0.182. The van der Waals surface area contributed by atoms with Crippen LogP contribution in [0, 0.1) is 0 Å². The zero-order valence-electron chi connectivity index (χ0n) is 15.8. The Bertz CT molecular complexity index is 1040. The lowest BCUT2D eigenvalue weighted by atomic mass is 10.1. The summed E-state index contributed by atoms with van der Waals surface area (Å²) >= 11 is 0. The molecular weight excluding hydrogens is 372 g/mol. The van der Waals surface area contributed by atoms with E-state index in [9.17, 15) is 14.4 Å². The van der Waals surface area contributed by atoms with Gasteiger partial charge < -0.3 is 14.4 Å². The molecule has 4 rings (SSSR count). The van der Waals surface area contributed by atoms with Crippen LogP contribution >= 0.6 is 0 Å². The van der Waals surface area contributed by atoms with Crippen LogP contribution in [-0.2, 0) is 19.1 Å². The van der Waals surface area contributed by atoms with E-state index >= 15 is 0 Å². The lowest BCUT2D eigenvalue weighted by Crippen LogP contribution is -2.23. The largest absolute Gasteiger partial charge is 0.465 e. The van der Waals surface area contributed by atoms with Gasteiger partial charge in [-0.3, -0.25) is 4.79 Å². The van der Waals surface area contributed by atoms with Gasteiger partial charge in [-0.1, -0.05) is 12.1 Å². The molecule has 7 heteroatoms. The molecule has 0 aliphatic carbocycles. The first-order valence-corrected chi connectivity index (χ1v) is 9.17. The van der Waals surface area contributed by atoms with Gasteiger partial charge in [0.05, 0.1) is 12.7 Å². The van der Waals surface area contributed by atoms with Gasteiger partial charge in [0.15, 0.2) is 5.70 Å². The predicted molar refractivity (Wildman–Crippen MR) is 106 cm³/mol. The number of cyclic esters (lactones) is 1. The molecule has 0 N–H and O–H groups in total. The molecule has 0 spiro atoms. The van der Waals surface area contributed by atoms with Gasteiger partial charge in [0, 0.05) is 24.2 Å². The molecule has 0 bridgehead atoms.